The molecule has 1 N–H and O–H groups in total. The lowest BCUT2D eigenvalue weighted by atomic mass is 10.1. The molecule has 1 fully saturated rings. The van der Waals surface area contributed by atoms with E-state index in [4.69, 9.17) is 0 Å². The molecule has 0 unspecified atom stereocenters. The van der Waals surface area contributed by atoms with E-state index in [2.05, 4.69) is 37.8 Å². The first-order chi connectivity index (χ1) is 7.75. The monoisotopic (exact) mass is 279 g/mol. The van der Waals surface area contributed by atoms with Crippen molar-refractivity contribution in [3.63, 3.8) is 0 Å². The Bertz CT molecular complexity index is 526. The van der Waals surface area contributed by atoms with Gasteiger partial charge in [-0.1, -0.05) is 12.8 Å². The molecule has 3 nitrogen and oxygen atoms in total. The fraction of sp³-hybridized carbons (Fsp3) is 0.500. The first-order valence-electron chi connectivity index (χ1n) is 5.77. The van der Waals surface area contributed by atoms with Crippen LogP contribution in [0.3, 0.4) is 0 Å². The summed E-state index contributed by atoms with van der Waals surface area (Å²) in [5.74, 6) is 1.60. The minimum atomic E-state index is 0.574. The minimum Gasteiger partial charge on any atom is -0.345 e. The van der Waals surface area contributed by atoms with Crippen LogP contribution >= 0.6 is 15.9 Å². The Morgan fingerprint density at radius 2 is 2.06 bits per heavy atom. The van der Waals surface area contributed by atoms with Gasteiger partial charge >= 0.3 is 0 Å². The van der Waals surface area contributed by atoms with Crippen LogP contribution in [0.4, 0.5) is 0 Å². The van der Waals surface area contributed by atoms with Gasteiger partial charge in [0.25, 0.3) is 0 Å². The van der Waals surface area contributed by atoms with Crippen LogP contribution < -0.4 is 0 Å². The van der Waals surface area contributed by atoms with Crippen LogP contribution in [0.2, 0.25) is 0 Å². The number of aryl methyl sites for hydroxylation is 1. The second-order valence-corrected chi connectivity index (χ2v) is 5.36. The van der Waals surface area contributed by atoms with Crippen molar-refractivity contribution < 1.29 is 0 Å². The molecule has 0 radical (unpaired) electrons. The van der Waals surface area contributed by atoms with Crippen molar-refractivity contribution in [3.8, 4) is 0 Å². The van der Waals surface area contributed by atoms with E-state index in [0.29, 0.717) is 5.92 Å². The highest BCUT2D eigenvalue weighted by Gasteiger charge is 2.21. The maximum atomic E-state index is 4.66. The normalized spacial score (nSPS) is 17.4. The van der Waals surface area contributed by atoms with Gasteiger partial charge in [-0.05, 0) is 35.7 Å². The fourth-order valence-electron chi connectivity index (χ4n) is 2.56. The van der Waals surface area contributed by atoms with Crippen molar-refractivity contribution >= 4 is 27.0 Å². The summed E-state index contributed by atoms with van der Waals surface area (Å²) in [5, 5.41) is 1.11. The van der Waals surface area contributed by atoms with Gasteiger partial charge < -0.3 is 4.98 Å². The molecule has 3 rings (SSSR count). The molecular formula is C12H14BrN3. The maximum Gasteiger partial charge on any atom is 0.142 e. The second kappa shape index (κ2) is 3.84. The van der Waals surface area contributed by atoms with Crippen LogP contribution in [-0.4, -0.2) is 15.0 Å². The number of nitrogens with one attached hydrogen (secondary N) is 1. The van der Waals surface area contributed by atoms with Gasteiger partial charge in [0, 0.05) is 16.6 Å². The molecule has 1 saturated carbocycles. The third-order valence-electron chi connectivity index (χ3n) is 3.40. The number of nitrogens with zero attached hydrogens (tertiary/aromatic N) is 2. The molecular weight excluding hydrogens is 266 g/mol. The van der Waals surface area contributed by atoms with Crippen molar-refractivity contribution in [2.24, 2.45) is 0 Å². The average Bonchev–Trinajstić information content (AvgIpc) is 2.87. The molecule has 2 heterocycles. The Morgan fingerprint density at radius 3 is 2.81 bits per heavy atom. The van der Waals surface area contributed by atoms with E-state index in [-0.39, 0.29) is 0 Å². The molecule has 0 aliphatic heterocycles. The molecule has 1 aliphatic carbocycles. The SMILES string of the molecule is Cc1nc(C2CCCC2)nc2[nH]cc(Br)c12. The number of hydrogen-bond donors (Lipinski definition) is 1. The van der Waals surface area contributed by atoms with Gasteiger partial charge in [-0.15, -0.1) is 0 Å². The Kier molecular flexibility index (Phi) is 2.46. The molecule has 0 spiro atoms. The van der Waals surface area contributed by atoms with Crippen LogP contribution in [0.5, 0.6) is 0 Å². The van der Waals surface area contributed by atoms with Gasteiger partial charge in [0.1, 0.15) is 11.5 Å². The molecule has 0 amide bonds. The van der Waals surface area contributed by atoms with E-state index in [1.54, 1.807) is 0 Å². The standard InChI is InChI=1S/C12H14BrN3/c1-7-10-9(13)6-14-12(10)16-11(15-7)8-4-2-3-5-8/h6,8H,2-5H2,1H3,(H,14,15,16). The molecule has 84 valence electrons. The molecule has 0 saturated heterocycles. The second-order valence-electron chi connectivity index (χ2n) is 4.51. The third-order valence-corrected chi connectivity index (χ3v) is 4.03. The number of halogens is 1. The molecule has 0 bridgehead atoms. The first kappa shape index (κ1) is 10.3. The van der Waals surface area contributed by atoms with E-state index >= 15 is 0 Å². The molecule has 2 aromatic heterocycles. The van der Waals surface area contributed by atoms with Crippen molar-refractivity contribution in [1.82, 2.24) is 15.0 Å². The minimum absolute atomic E-state index is 0.574. The predicted molar refractivity (Wildman–Crippen MR) is 67.5 cm³/mol. The fourth-order valence-corrected chi connectivity index (χ4v) is 3.14. The Hall–Kier alpha value is -0.900. The number of hydrogen-bond acceptors (Lipinski definition) is 2. The summed E-state index contributed by atoms with van der Waals surface area (Å²) >= 11 is 3.51. The first-order valence-corrected chi connectivity index (χ1v) is 6.56. The zero-order valence-corrected chi connectivity index (χ0v) is 10.8. The molecule has 16 heavy (non-hydrogen) atoms. The quantitative estimate of drug-likeness (QED) is 0.865. The van der Waals surface area contributed by atoms with Crippen LogP contribution in [0.25, 0.3) is 11.0 Å². The smallest absolute Gasteiger partial charge is 0.142 e. The molecule has 2 aromatic rings. The number of fused-ring (bicyclic) bond motifs is 1. The van der Waals surface area contributed by atoms with E-state index in [1.165, 1.54) is 25.7 Å². The van der Waals surface area contributed by atoms with Crippen LogP contribution in [0.15, 0.2) is 10.7 Å². The van der Waals surface area contributed by atoms with Crippen molar-refractivity contribution in [2.45, 2.75) is 38.5 Å². The molecule has 4 heteroatoms. The van der Waals surface area contributed by atoms with Crippen molar-refractivity contribution in [2.75, 3.05) is 0 Å². The lowest BCUT2D eigenvalue weighted by Gasteiger charge is -2.08. The average molecular weight is 280 g/mol. The summed E-state index contributed by atoms with van der Waals surface area (Å²) in [7, 11) is 0. The van der Waals surface area contributed by atoms with E-state index < -0.39 is 0 Å². The van der Waals surface area contributed by atoms with Crippen LogP contribution in [-0.2, 0) is 0 Å². The molecule has 1 aliphatic rings. The van der Waals surface area contributed by atoms with Gasteiger partial charge in [-0.25, -0.2) is 9.97 Å². The topological polar surface area (TPSA) is 41.6 Å². The van der Waals surface area contributed by atoms with Crippen molar-refractivity contribution in [1.29, 1.82) is 0 Å². The van der Waals surface area contributed by atoms with Gasteiger partial charge in [0.15, 0.2) is 0 Å². The van der Waals surface area contributed by atoms with Gasteiger partial charge in [0.05, 0.1) is 11.1 Å². The zero-order chi connectivity index (χ0) is 11.1. The van der Waals surface area contributed by atoms with Crippen LogP contribution in [0.1, 0.15) is 43.1 Å². The molecule has 0 aromatic carbocycles. The van der Waals surface area contributed by atoms with Gasteiger partial charge in [-0.2, -0.15) is 0 Å². The summed E-state index contributed by atoms with van der Waals surface area (Å²) in [5.41, 5.74) is 2.03. The van der Waals surface area contributed by atoms with Crippen LogP contribution in [0, 0.1) is 6.92 Å². The largest absolute Gasteiger partial charge is 0.345 e. The summed E-state index contributed by atoms with van der Waals surface area (Å²) < 4.78 is 1.05. The number of aromatic nitrogens is 3. The van der Waals surface area contributed by atoms with E-state index in [0.717, 1.165) is 27.0 Å². The third kappa shape index (κ3) is 1.56. The van der Waals surface area contributed by atoms with E-state index in [9.17, 15) is 0 Å². The van der Waals surface area contributed by atoms with E-state index in [1.807, 2.05) is 6.20 Å². The highest BCUT2D eigenvalue weighted by Crippen LogP contribution is 2.34. The van der Waals surface area contributed by atoms with Crippen molar-refractivity contribution in [3.05, 3.63) is 22.2 Å². The Morgan fingerprint density at radius 1 is 1.31 bits per heavy atom. The molecule has 0 atom stereocenters. The number of rotatable bonds is 1. The zero-order valence-electron chi connectivity index (χ0n) is 9.26. The predicted octanol–water partition coefficient (Wildman–Crippen LogP) is 3.69. The van der Waals surface area contributed by atoms with Gasteiger partial charge in [-0.3, -0.25) is 0 Å². The summed E-state index contributed by atoms with van der Waals surface area (Å²) in [6.07, 6.45) is 7.06. The lowest BCUT2D eigenvalue weighted by Crippen LogP contribution is -2.02. The summed E-state index contributed by atoms with van der Waals surface area (Å²) in [6, 6.07) is 0. The summed E-state index contributed by atoms with van der Waals surface area (Å²) in [6.45, 7) is 2.06. The highest BCUT2D eigenvalue weighted by atomic mass is 79.9. The number of H-pyrrole nitrogens is 1. The highest BCUT2D eigenvalue weighted by molar-refractivity contribution is 9.10. The number of aromatic amines is 1. The Labute approximate surface area is 103 Å². The van der Waals surface area contributed by atoms with Gasteiger partial charge in [0.2, 0.25) is 0 Å². The maximum absolute atomic E-state index is 4.66. The summed E-state index contributed by atoms with van der Waals surface area (Å²) in [4.78, 5) is 12.5. The Balaban J connectivity index is 2.13. The lowest BCUT2D eigenvalue weighted by molar-refractivity contribution is 0.668.